The van der Waals surface area contributed by atoms with Crippen molar-refractivity contribution in [2.75, 3.05) is 6.54 Å². The van der Waals surface area contributed by atoms with Crippen molar-refractivity contribution in [3.63, 3.8) is 0 Å². The number of hydroxylamine groups is 1. The minimum atomic E-state index is -0.970. The largest absolute Gasteiger partial charge is 0.465 e. The number of fused-ring (bicyclic) bond motifs is 3. The van der Waals surface area contributed by atoms with Crippen molar-refractivity contribution < 1.29 is 28.3 Å². The Kier molecular flexibility index (Phi) is 9.99. The Morgan fingerprint density at radius 2 is 1.92 bits per heavy atom. The maximum absolute atomic E-state index is 14.5. The number of nitrogens with zero attached hydrogens (tertiary/aromatic N) is 2. The second kappa shape index (κ2) is 14.7. The number of Topliss-reactive ketones (excluding diaryl/α,β-unsaturated/α-hetero) is 1. The van der Waals surface area contributed by atoms with E-state index in [1.165, 1.54) is 23.5 Å². The molecule has 1 aliphatic carbocycles. The Balaban J connectivity index is 1.16. The third-order valence-electron chi connectivity index (χ3n) is 10.3. The number of hydrogen-bond acceptors (Lipinski definition) is 7. The minimum absolute atomic E-state index is 0.0257. The van der Waals surface area contributed by atoms with Gasteiger partial charge in [-0.25, -0.2) is 9.37 Å². The van der Waals surface area contributed by atoms with E-state index in [-0.39, 0.29) is 42.3 Å². The highest BCUT2D eigenvalue weighted by Crippen LogP contribution is 2.57. The van der Waals surface area contributed by atoms with E-state index in [2.05, 4.69) is 28.7 Å². The van der Waals surface area contributed by atoms with Gasteiger partial charge >= 0.3 is 0 Å². The lowest BCUT2D eigenvalue weighted by Gasteiger charge is -2.29. The first-order chi connectivity index (χ1) is 24.3. The summed E-state index contributed by atoms with van der Waals surface area (Å²) in [7, 11) is 0. The zero-order valence-corrected chi connectivity index (χ0v) is 29.0. The Labute approximate surface area is 295 Å². The first kappa shape index (κ1) is 33.9. The van der Waals surface area contributed by atoms with E-state index in [9.17, 15) is 18.8 Å². The average molecular weight is 696 g/mol. The Morgan fingerprint density at radius 3 is 2.76 bits per heavy atom. The molecule has 5 atom stereocenters. The molecule has 3 aromatic carbocycles. The molecule has 2 amide bonds. The van der Waals surface area contributed by atoms with E-state index in [0.29, 0.717) is 36.6 Å². The number of para-hydroxylation sites is 1. The number of nitrogens with one attached hydrogen (secondary N) is 1. The van der Waals surface area contributed by atoms with Crippen molar-refractivity contribution in [3.8, 4) is 10.9 Å². The van der Waals surface area contributed by atoms with Gasteiger partial charge in [0.15, 0.2) is 11.5 Å². The summed E-state index contributed by atoms with van der Waals surface area (Å²) in [6, 6.07) is 20.6. The zero-order valence-electron chi connectivity index (χ0n) is 28.2. The molecule has 2 aliphatic heterocycles. The van der Waals surface area contributed by atoms with Crippen LogP contribution in [0.3, 0.4) is 0 Å². The second-order valence-electron chi connectivity index (χ2n) is 14.0. The fraction of sp³-hybridized carbons (Fsp3) is 0.400. The third-order valence-corrected chi connectivity index (χ3v) is 11.2. The van der Waals surface area contributed by atoms with Gasteiger partial charge in [-0.1, -0.05) is 72.7 Å². The number of carbonyl (C=O) groups is 3. The van der Waals surface area contributed by atoms with E-state index >= 15 is 0 Å². The van der Waals surface area contributed by atoms with E-state index in [0.717, 1.165) is 47.0 Å². The van der Waals surface area contributed by atoms with Gasteiger partial charge in [-0.3, -0.25) is 14.4 Å². The lowest BCUT2D eigenvalue weighted by Crippen LogP contribution is -2.46. The second-order valence-corrected chi connectivity index (χ2v) is 15.0. The van der Waals surface area contributed by atoms with Crippen LogP contribution >= 0.6 is 11.3 Å². The molecule has 3 aliphatic rings. The van der Waals surface area contributed by atoms with Crippen molar-refractivity contribution >= 4 is 39.2 Å². The maximum atomic E-state index is 14.5. The van der Waals surface area contributed by atoms with Crippen LogP contribution in [0.1, 0.15) is 62.5 Å². The Morgan fingerprint density at radius 1 is 1.06 bits per heavy atom. The first-order valence-corrected chi connectivity index (χ1v) is 18.4. The Hall–Kier alpha value is -4.57. The number of hydrogen-bond donors (Lipinski definition) is 1. The monoisotopic (exact) mass is 695 g/mol. The summed E-state index contributed by atoms with van der Waals surface area (Å²) < 4.78 is 21.6. The topological polar surface area (TPSA) is 97.8 Å². The molecular weight excluding hydrogens is 654 g/mol. The van der Waals surface area contributed by atoms with Gasteiger partial charge in [-0.2, -0.15) is 5.48 Å². The molecule has 1 aromatic heterocycles. The molecule has 0 spiro atoms. The van der Waals surface area contributed by atoms with Crippen LogP contribution in [0.15, 0.2) is 84.9 Å². The number of ether oxygens (including phenoxy) is 1. The standard InChI is InChI=1S/C40H42FN3O5S/c1-26-17-18-33-36(19-26)50-39(42-33)48-32-22-34-35(45)24-40(38(47)43-49-31-15-8-5-9-16-31)23-29(40)13-7-4-2-3-6-12-28(37(46)44(34)25-32)20-27-11-10-14-30(41)21-27/h5,7-11,13-19,21,28-29,32,34H,2-4,6,12,20,22-25H2,1H3,(H,43,47)/b13-7-/t28-,29+,32-,34+,40-/m1/s1. The van der Waals surface area contributed by atoms with Gasteiger partial charge in [0.25, 0.3) is 11.1 Å². The summed E-state index contributed by atoms with van der Waals surface area (Å²) in [6.45, 7) is 2.25. The molecule has 3 heterocycles. The summed E-state index contributed by atoms with van der Waals surface area (Å²) in [5, 5.41) is 0.496. The minimum Gasteiger partial charge on any atom is -0.465 e. The normalized spacial score (nSPS) is 26.3. The van der Waals surface area contributed by atoms with Crippen LogP contribution in [0.2, 0.25) is 0 Å². The number of allylic oxidation sites excluding steroid dienone is 2. The Bertz CT molecular complexity index is 1900. The smallest absolute Gasteiger partial charge is 0.274 e. The van der Waals surface area contributed by atoms with Crippen molar-refractivity contribution in [2.45, 2.75) is 76.9 Å². The molecule has 0 radical (unpaired) electrons. The zero-order chi connectivity index (χ0) is 34.7. The van der Waals surface area contributed by atoms with Crippen LogP contribution in [-0.4, -0.2) is 46.2 Å². The number of thiazole rings is 1. The number of amides is 2. The fourth-order valence-electron chi connectivity index (χ4n) is 7.48. The number of aryl methyl sites for hydroxylation is 1. The van der Waals surface area contributed by atoms with Crippen LogP contribution in [0.25, 0.3) is 10.2 Å². The fourth-order valence-corrected chi connectivity index (χ4v) is 8.46. The van der Waals surface area contributed by atoms with Crippen LogP contribution < -0.4 is 15.1 Å². The molecule has 10 heteroatoms. The van der Waals surface area contributed by atoms with Gasteiger partial charge < -0.3 is 14.5 Å². The summed E-state index contributed by atoms with van der Waals surface area (Å²) in [4.78, 5) is 54.7. The summed E-state index contributed by atoms with van der Waals surface area (Å²) in [6.07, 6.45) is 9.10. The average Bonchev–Trinajstić information content (AvgIpc) is 3.40. The number of carbonyl (C=O) groups excluding carboxylic acids is 3. The highest BCUT2D eigenvalue weighted by Gasteiger charge is 2.61. The molecule has 2 fully saturated rings. The SMILES string of the molecule is Cc1ccc2nc(O[C@@H]3C[C@H]4C(=O)C[C@]5(C(=O)NOc6ccccc6)C[C@@H]5/C=C\CCCCC[C@H](Cc5cccc(F)c5)C(=O)N4C3)sc2c1. The van der Waals surface area contributed by atoms with E-state index in [1.54, 1.807) is 23.1 Å². The van der Waals surface area contributed by atoms with Crippen LogP contribution in [0, 0.1) is 30.0 Å². The van der Waals surface area contributed by atoms with E-state index < -0.39 is 23.5 Å². The quantitative estimate of drug-likeness (QED) is 0.159. The predicted octanol–water partition coefficient (Wildman–Crippen LogP) is 7.55. The van der Waals surface area contributed by atoms with Crippen molar-refractivity contribution in [1.82, 2.24) is 15.4 Å². The number of aromatic nitrogens is 1. The highest BCUT2D eigenvalue weighted by atomic mass is 32.1. The number of ketones is 1. The first-order valence-electron chi connectivity index (χ1n) is 17.6. The van der Waals surface area contributed by atoms with Gasteiger partial charge in [0.2, 0.25) is 5.91 Å². The molecule has 1 saturated carbocycles. The van der Waals surface area contributed by atoms with Crippen molar-refractivity contribution in [2.24, 2.45) is 17.3 Å². The molecular formula is C40H42FN3O5S. The van der Waals surface area contributed by atoms with E-state index in [4.69, 9.17) is 9.57 Å². The van der Waals surface area contributed by atoms with Crippen molar-refractivity contribution in [3.05, 3.63) is 102 Å². The number of benzene rings is 3. The molecule has 50 heavy (non-hydrogen) atoms. The molecule has 1 saturated heterocycles. The molecule has 7 rings (SSSR count). The van der Waals surface area contributed by atoms with E-state index in [1.807, 2.05) is 43.3 Å². The lowest BCUT2D eigenvalue weighted by atomic mass is 9.90. The maximum Gasteiger partial charge on any atom is 0.274 e. The lowest BCUT2D eigenvalue weighted by molar-refractivity contribution is -0.143. The van der Waals surface area contributed by atoms with Gasteiger partial charge in [-0.05, 0) is 92.5 Å². The van der Waals surface area contributed by atoms with Crippen LogP contribution in [-0.2, 0) is 20.8 Å². The van der Waals surface area contributed by atoms with Gasteiger partial charge in [0, 0.05) is 18.8 Å². The molecule has 1 N–H and O–H groups in total. The van der Waals surface area contributed by atoms with Gasteiger partial charge in [0.05, 0.1) is 28.2 Å². The number of halogens is 1. The highest BCUT2D eigenvalue weighted by molar-refractivity contribution is 7.20. The van der Waals surface area contributed by atoms with Gasteiger partial charge in [0.1, 0.15) is 11.9 Å². The summed E-state index contributed by atoms with van der Waals surface area (Å²) >= 11 is 1.45. The van der Waals surface area contributed by atoms with Crippen molar-refractivity contribution in [1.29, 1.82) is 0 Å². The number of rotatable bonds is 7. The summed E-state index contributed by atoms with van der Waals surface area (Å²) in [5.41, 5.74) is 4.35. The van der Waals surface area contributed by atoms with Gasteiger partial charge in [-0.15, -0.1) is 0 Å². The molecule has 260 valence electrons. The molecule has 4 aromatic rings. The summed E-state index contributed by atoms with van der Waals surface area (Å²) in [5.74, 6) is -1.03. The molecule has 0 unspecified atom stereocenters. The predicted molar refractivity (Wildman–Crippen MR) is 190 cm³/mol. The van der Waals surface area contributed by atoms with Crippen LogP contribution in [0.5, 0.6) is 10.9 Å². The molecule has 8 nitrogen and oxygen atoms in total. The van der Waals surface area contributed by atoms with Crippen LogP contribution in [0.4, 0.5) is 4.39 Å². The molecule has 0 bridgehead atoms. The third kappa shape index (κ3) is 7.60.